The Morgan fingerprint density at radius 3 is 2.62 bits per heavy atom. The van der Waals surface area contributed by atoms with Crippen molar-refractivity contribution in [1.82, 2.24) is 0 Å². The van der Waals surface area contributed by atoms with Gasteiger partial charge in [0.2, 0.25) is 0 Å². The molecule has 0 saturated heterocycles. The van der Waals surface area contributed by atoms with Crippen LogP contribution in [0.4, 0.5) is 0 Å². The van der Waals surface area contributed by atoms with Gasteiger partial charge < -0.3 is 15.3 Å². The molecule has 0 aromatic heterocycles. The second-order valence-corrected chi connectivity index (χ2v) is 10.2. The molecule has 3 fully saturated rings. The van der Waals surface area contributed by atoms with E-state index in [1.54, 1.807) is 0 Å². The van der Waals surface area contributed by atoms with Gasteiger partial charge in [0.15, 0.2) is 0 Å². The maximum Gasteiger partial charge on any atom is 0.306 e. The minimum absolute atomic E-state index is 0.127. The van der Waals surface area contributed by atoms with Crippen LogP contribution in [0.2, 0.25) is 0 Å². The molecule has 0 heterocycles. The van der Waals surface area contributed by atoms with E-state index in [0.29, 0.717) is 30.1 Å². The molecule has 0 spiro atoms. The molecule has 4 aliphatic carbocycles. The molecule has 0 bridgehead atoms. The molecular formula is C22H34O4. The molecule has 8 atom stereocenters. The number of allylic oxidation sites excluding steroid dienone is 1. The fourth-order valence-electron chi connectivity index (χ4n) is 7.72. The molecular weight excluding hydrogens is 328 g/mol. The standard InChI is InChI=1S/C22H34O4/c1-13-10-15(23)11-14-4-5-16-17-7-9-22(26,12-19(24)25)20(17,2)8-6-18(16)21(13,14)3/h4,13,15-18,23,26H,5-12H2,1-3H3,(H,24,25)/t13?,15?,16-,17-,18+,20-,21-,22?/m0/s1. The molecule has 0 radical (unpaired) electrons. The molecule has 146 valence electrons. The fraction of sp³-hybridized carbons (Fsp3) is 0.864. The van der Waals surface area contributed by atoms with Crippen molar-refractivity contribution >= 4 is 5.97 Å². The Hall–Kier alpha value is -0.870. The summed E-state index contributed by atoms with van der Waals surface area (Å²) in [4.78, 5) is 11.4. The summed E-state index contributed by atoms with van der Waals surface area (Å²) in [6.07, 6.45) is 8.31. The van der Waals surface area contributed by atoms with Gasteiger partial charge in [-0.2, -0.15) is 0 Å². The zero-order valence-corrected chi connectivity index (χ0v) is 16.4. The number of hydrogen-bond acceptors (Lipinski definition) is 3. The zero-order valence-electron chi connectivity index (χ0n) is 16.4. The Bertz CT molecular complexity index is 642. The molecule has 4 rings (SSSR count). The van der Waals surface area contributed by atoms with Crippen LogP contribution in [-0.4, -0.2) is 33.0 Å². The molecule has 3 unspecified atom stereocenters. The lowest BCUT2D eigenvalue weighted by Gasteiger charge is -2.60. The largest absolute Gasteiger partial charge is 0.481 e. The van der Waals surface area contributed by atoms with E-state index in [1.165, 1.54) is 5.57 Å². The van der Waals surface area contributed by atoms with E-state index < -0.39 is 11.6 Å². The van der Waals surface area contributed by atoms with Crippen LogP contribution in [0.1, 0.15) is 72.1 Å². The summed E-state index contributed by atoms with van der Waals surface area (Å²) >= 11 is 0. The van der Waals surface area contributed by atoms with Crippen molar-refractivity contribution in [2.45, 2.75) is 83.8 Å². The second kappa shape index (κ2) is 5.81. The van der Waals surface area contributed by atoms with Gasteiger partial charge in [0, 0.05) is 0 Å². The summed E-state index contributed by atoms with van der Waals surface area (Å²) in [5.74, 6) is 1.11. The van der Waals surface area contributed by atoms with Gasteiger partial charge in [-0.05, 0) is 79.4 Å². The maximum absolute atomic E-state index is 11.4. The van der Waals surface area contributed by atoms with Gasteiger partial charge >= 0.3 is 5.97 Å². The highest BCUT2D eigenvalue weighted by atomic mass is 16.4. The third-order valence-corrected chi connectivity index (χ3v) is 9.41. The van der Waals surface area contributed by atoms with Crippen LogP contribution < -0.4 is 0 Å². The quantitative estimate of drug-likeness (QED) is 0.654. The lowest BCUT2D eigenvalue weighted by molar-refractivity contribution is -0.159. The second-order valence-electron chi connectivity index (χ2n) is 10.2. The first-order valence-electron chi connectivity index (χ1n) is 10.4. The van der Waals surface area contributed by atoms with Crippen molar-refractivity contribution < 1.29 is 20.1 Å². The van der Waals surface area contributed by atoms with Crippen LogP contribution in [-0.2, 0) is 4.79 Å². The Labute approximate surface area is 156 Å². The number of fused-ring (bicyclic) bond motifs is 5. The monoisotopic (exact) mass is 362 g/mol. The highest BCUT2D eigenvalue weighted by Crippen LogP contribution is 2.68. The number of carboxylic acids is 1. The minimum Gasteiger partial charge on any atom is -0.481 e. The van der Waals surface area contributed by atoms with Crippen LogP contribution in [0.3, 0.4) is 0 Å². The van der Waals surface area contributed by atoms with Crippen LogP contribution in [0.5, 0.6) is 0 Å². The van der Waals surface area contributed by atoms with E-state index in [2.05, 4.69) is 26.8 Å². The van der Waals surface area contributed by atoms with Gasteiger partial charge in [0.05, 0.1) is 18.1 Å². The Kier molecular flexibility index (Phi) is 4.13. The minimum atomic E-state index is -1.06. The molecule has 3 N–H and O–H groups in total. The number of aliphatic carboxylic acids is 1. The van der Waals surface area contributed by atoms with Crippen molar-refractivity contribution in [2.75, 3.05) is 0 Å². The summed E-state index contributed by atoms with van der Waals surface area (Å²) in [5, 5.41) is 30.8. The highest BCUT2D eigenvalue weighted by Gasteiger charge is 2.64. The van der Waals surface area contributed by atoms with E-state index in [4.69, 9.17) is 0 Å². The van der Waals surface area contributed by atoms with E-state index in [1.807, 2.05) is 0 Å². The zero-order chi connectivity index (χ0) is 18.9. The maximum atomic E-state index is 11.4. The van der Waals surface area contributed by atoms with Gasteiger partial charge in [-0.15, -0.1) is 0 Å². The summed E-state index contributed by atoms with van der Waals surface area (Å²) in [7, 11) is 0. The van der Waals surface area contributed by atoms with E-state index >= 15 is 0 Å². The Morgan fingerprint density at radius 2 is 1.92 bits per heavy atom. The number of aliphatic hydroxyl groups is 2. The first-order chi connectivity index (χ1) is 12.1. The van der Waals surface area contributed by atoms with Crippen molar-refractivity contribution in [3.8, 4) is 0 Å². The summed E-state index contributed by atoms with van der Waals surface area (Å²) in [6.45, 7) is 6.86. The predicted molar refractivity (Wildman–Crippen MR) is 99.5 cm³/mol. The van der Waals surface area contributed by atoms with Crippen LogP contribution in [0.15, 0.2) is 11.6 Å². The molecule has 0 amide bonds. The third kappa shape index (κ3) is 2.30. The highest BCUT2D eigenvalue weighted by molar-refractivity contribution is 5.68. The molecule has 4 aliphatic rings. The van der Waals surface area contributed by atoms with Gasteiger partial charge in [-0.25, -0.2) is 0 Å². The van der Waals surface area contributed by atoms with Crippen molar-refractivity contribution in [2.24, 2.45) is 34.5 Å². The van der Waals surface area contributed by atoms with Crippen molar-refractivity contribution in [1.29, 1.82) is 0 Å². The molecule has 0 aromatic rings. The number of carbonyl (C=O) groups is 1. The topological polar surface area (TPSA) is 77.8 Å². The summed E-state index contributed by atoms with van der Waals surface area (Å²) in [6, 6.07) is 0. The normalized spacial score (nSPS) is 53.3. The number of carboxylic acid groups (broad SMARTS) is 1. The van der Waals surface area contributed by atoms with Gasteiger partial charge in [-0.1, -0.05) is 32.4 Å². The molecule has 0 aromatic carbocycles. The Balaban J connectivity index is 1.68. The SMILES string of the molecule is CC1CC(O)CC2=CC[C@@H]3[C@@H](CC[C@@]4(C)[C@H]3CCC4(O)CC(=O)O)[C@]21C. The van der Waals surface area contributed by atoms with Gasteiger partial charge in [-0.3, -0.25) is 4.79 Å². The molecule has 26 heavy (non-hydrogen) atoms. The van der Waals surface area contributed by atoms with Gasteiger partial charge in [0.1, 0.15) is 0 Å². The van der Waals surface area contributed by atoms with E-state index in [-0.39, 0.29) is 23.4 Å². The summed E-state index contributed by atoms with van der Waals surface area (Å²) < 4.78 is 0. The molecule has 3 saturated carbocycles. The van der Waals surface area contributed by atoms with Crippen LogP contribution >= 0.6 is 0 Å². The number of hydrogen-bond donors (Lipinski definition) is 3. The smallest absolute Gasteiger partial charge is 0.306 e. The molecule has 0 aliphatic heterocycles. The predicted octanol–water partition coefficient (Wildman–Crippen LogP) is 3.76. The van der Waals surface area contributed by atoms with Crippen molar-refractivity contribution in [3.63, 3.8) is 0 Å². The summed E-state index contributed by atoms with van der Waals surface area (Å²) in [5.41, 5.74) is 0.253. The average molecular weight is 363 g/mol. The first kappa shape index (κ1) is 18.5. The van der Waals surface area contributed by atoms with Gasteiger partial charge in [0.25, 0.3) is 0 Å². The lowest BCUT2D eigenvalue weighted by atomic mass is 9.45. The fourth-order valence-corrected chi connectivity index (χ4v) is 7.72. The molecule has 4 nitrogen and oxygen atoms in total. The lowest BCUT2D eigenvalue weighted by Crippen LogP contribution is -2.56. The van der Waals surface area contributed by atoms with Crippen molar-refractivity contribution in [3.05, 3.63) is 11.6 Å². The first-order valence-corrected chi connectivity index (χ1v) is 10.4. The number of aliphatic hydroxyl groups excluding tert-OH is 1. The van der Waals surface area contributed by atoms with E-state index in [9.17, 15) is 20.1 Å². The van der Waals surface area contributed by atoms with E-state index in [0.717, 1.165) is 38.5 Å². The number of rotatable bonds is 2. The Morgan fingerprint density at radius 1 is 1.23 bits per heavy atom. The third-order valence-electron chi connectivity index (χ3n) is 9.41. The molecule has 4 heteroatoms. The van der Waals surface area contributed by atoms with Crippen LogP contribution in [0.25, 0.3) is 0 Å². The van der Waals surface area contributed by atoms with Crippen LogP contribution in [0, 0.1) is 34.5 Å². The average Bonchev–Trinajstić information content (AvgIpc) is 2.80.